The molecular formula is C14H19N5S. The van der Waals surface area contributed by atoms with Crippen LogP contribution in [0.15, 0.2) is 29.2 Å². The Labute approximate surface area is 123 Å². The Morgan fingerprint density at radius 1 is 1.20 bits per heavy atom. The summed E-state index contributed by atoms with van der Waals surface area (Å²) in [6.45, 7) is 4.15. The van der Waals surface area contributed by atoms with Gasteiger partial charge >= 0.3 is 0 Å². The van der Waals surface area contributed by atoms with E-state index in [-0.39, 0.29) is 11.2 Å². The van der Waals surface area contributed by atoms with Crippen LogP contribution < -0.4 is 10.6 Å². The predicted octanol–water partition coefficient (Wildman–Crippen LogP) is 2.68. The molecule has 0 spiro atoms. The number of benzene rings is 1. The van der Waals surface area contributed by atoms with Crippen LogP contribution in [0.2, 0.25) is 0 Å². The Morgan fingerprint density at radius 2 is 1.95 bits per heavy atom. The molecule has 0 saturated carbocycles. The SMILES string of the molecule is Cc1cccc(SC(C)c2nc(N)nc(N(C)C)n2)c1. The van der Waals surface area contributed by atoms with Crippen molar-refractivity contribution in [2.45, 2.75) is 24.0 Å². The maximum atomic E-state index is 5.75. The summed E-state index contributed by atoms with van der Waals surface area (Å²) in [6.07, 6.45) is 0. The number of aryl methyl sites for hydroxylation is 1. The lowest BCUT2D eigenvalue weighted by Gasteiger charge is -2.14. The zero-order valence-corrected chi connectivity index (χ0v) is 13.0. The molecule has 1 aromatic carbocycles. The molecule has 106 valence electrons. The van der Waals surface area contributed by atoms with E-state index in [1.807, 2.05) is 19.0 Å². The van der Waals surface area contributed by atoms with Crippen molar-refractivity contribution < 1.29 is 0 Å². The highest BCUT2D eigenvalue weighted by Crippen LogP contribution is 2.33. The second-order valence-corrected chi connectivity index (χ2v) is 6.24. The van der Waals surface area contributed by atoms with E-state index < -0.39 is 0 Å². The first-order chi connectivity index (χ1) is 9.45. The molecule has 6 heteroatoms. The molecule has 0 aliphatic carbocycles. The van der Waals surface area contributed by atoms with Gasteiger partial charge in [0.15, 0.2) is 0 Å². The van der Waals surface area contributed by atoms with E-state index in [1.54, 1.807) is 11.8 Å². The highest BCUT2D eigenvalue weighted by Gasteiger charge is 2.14. The monoisotopic (exact) mass is 289 g/mol. The van der Waals surface area contributed by atoms with Gasteiger partial charge in [0.1, 0.15) is 5.82 Å². The van der Waals surface area contributed by atoms with Crippen molar-refractivity contribution in [3.05, 3.63) is 35.7 Å². The normalized spacial score (nSPS) is 12.2. The molecule has 20 heavy (non-hydrogen) atoms. The molecule has 2 rings (SSSR count). The minimum atomic E-state index is 0.112. The minimum Gasteiger partial charge on any atom is -0.368 e. The lowest BCUT2D eigenvalue weighted by molar-refractivity contribution is 0.865. The molecule has 5 nitrogen and oxygen atoms in total. The number of anilines is 2. The number of aromatic nitrogens is 3. The van der Waals surface area contributed by atoms with Crippen LogP contribution in [0.5, 0.6) is 0 Å². The van der Waals surface area contributed by atoms with Crippen LogP contribution >= 0.6 is 11.8 Å². The van der Waals surface area contributed by atoms with Gasteiger partial charge in [0.05, 0.1) is 5.25 Å². The molecule has 1 unspecified atom stereocenters. The Kier molecular flexibility index (Phi) is 4.44. The lowest BCUT2D eigenvalue weighted by atomic mass is 10.2. The minimum absolute atomic E-state index is 0.112. The summed E-state index contributed by atoms with van der Waals surface area (Å²) in [7, 11) is 3.77. The average molecular weight is 289 g/mol. The van der Waals surface area contributed by atoms with Gasteiger partial charge < -0.3 is 10.6 Å². The summed E-state index contributed by atoms with van der Waals surface area (Å²) < 4.78 is 0. The first kappa shape index (κ1) is 14.6. The van der Waals surface area contributed by atoms with Gasteiger partial charge in [-0.05, 0) is 26.0 Å². The molecule has 1 atom stereocenters. The number of nitrogens with zero attached hydrogens (tertiary/aromatic N) is 4. The van der Waals surface area contributed by atoms with Crippen molar-refractivity contribution in [3.8, 4) is 0 Å². The van der Waals surface area contributed by atoms with E-state index in [2.05, 4.69) is 53.1 Å². The van der Waals surface area contributed by atoms with Crippen molar-refractivity contribution in [2.24, 2.45) is 0 Å². The average Bonchev–Trinajstić information content (AvgIpc) is 2.37. The summed E-state index contributed by atoms with van der Waals surface area (Å²) in [5.41, 5.74) is 7.00. The molecule has 0 bridgehead atoms. The summed E-state index contributed by atoms with van der Waals surface area (Å²) in [5.74, 6) is 1.55. The van der Waals surface area contributed by atoms with Crippen LogP contribution in [0.25, 0.3) is 0 Å². The van der Waals surface area contributed by atoms with Gasteiger partial charge in [-0.2, -0.15) is 15.0 Å². The zero-order chi connectivity index (χ0) is 14.7. The largest absolute Gasteiger partial charge is 0.368 e. The molecule has 0 aliphatic rings. The molecule has 0 aliphatic heterocycles. The Bertz CT molecular complexity index is 600. The first-order valence-electron chi connectivity index (χ1n) is 6.38. The summed E-state index contributed by atoms with van der Waals surface area (Å²) in [5, 5.41) is 0.112. The van der Waals surface area contributed by atoms with Gasteiger partial charge in [0.25, 0.3) is 0 Å². The second kappa shape index (κ2) is 6.09. The third kappa shape index (κ3) is 3.60. The third-order valence-corrected chi connectivity index (χ3v) is 3.81. The summed E-state index contributed by atoms with van der Waals surface area (Å²) in [4.78, 5) is 15.8. The Hall–Kier alpha value is -1.82. The number of nitrogen functional groups attached to an aromatic ring is 1. The van der Waals surface area contributed by atoms with E-state index in [0.717, 1.165) is 0 Å². The fourth-order valence-corrected chi connectivity index (χ4v) is 2.75. The van der Waals surface area contributed by atoms with E-state index in [1.165, 1.54) is 10.5 Å². The highest BCUT2D eigenvalue weighted by atomic mass is 32.2. The van der Waals surface area contributed by atoms with Crippen LogP contribution in [0.4, 0.5) is 11.9 Å². The van der Waals surface area contributed by atoms with E-state index in [9.17, 15) is 0 Å². The first-order valence-corrected chi connectivity index (χ1v) is 7.26. The van der Waals surface area contributed by atoms with Gasteiger partial charge in [-0.15, -0.1) is 11.8 Å². The van der Waals surface area contributed by atoms with Crippen LogP contribution in [-0.4, -0.2) is 29.0 Å². The fraction of sp³-hybridized carbons (Fsp3) is 0.357. The topological polar surface area (TPSA) is 67.9 Å². The van der Waals surface area contributed by atoms with E-state index in [4.69, 9.17) is 5.73 Å². The van der Waals surface area contributed by atoms with Gasteiger partial charge in [0, 0.05) is 19.0 Å². The summed E-state index contributed by atoms with van der Waals surface area (Å²) >= 11 is 1.71. The fourth-order valence-electron chi connectivity index (χ4n) is 1.72. The second-order valence-electron chi connectivity index (χ2n) is 4.82. The van der Waals surface area contributed by atoms with E-state index >= 15 is 0 Å². The summed E-state index contributed by atoms with van der Waals surface area (Å²) in [6, 6.07) is 8.38. The molecular weight excluding hydrogens is 270 g/mol. The molecule has 0 saturated heterocycles. The lowest BCUT2D eigenvalue weighted by Crippen LogP contribution is -2.16. The molecule has 0 radical (unpaired) electrons. The van der Waals surface area contributed by atoms with Crippen molar-refractivity contribution in [1.29, 1.82) is 0 Å². The van der Waals surface area contributed by atoms with E-state index in [0.29, 0.717) is 11.8 Å². The quantitative estimate of drug-likeness (QED) is 0.873. The molecule has 2 aromatic rings. The van der Waals surface area contributed by atoms with Crippen LogP contribution in [0.3, 0.4) is 0 Å². The standard InChI is InChI=1S/C14H19N5S/c1-9-6-5-7-11(8-9)20-10(2)12-16-13(15)18-14(17-12)19(3)4/h5-8,10H,1-4H3,(H2,15,16,17,18). The molecule has 0 amide bonds. The van der Waals surface area contributed by atoms with Gasteiger partial charge in [0.2, 0.25) is 11.9 Å². The van der Waals surface area contributed by atoms with Crippen molar-refractivity contribution in [2.75, 3.05) is 24.7 Å². The van der Waals surface area contributed by atoms with Crippen molar-refractivity contribution >= 4 is 23.7 Å². The molecule has 1 aromatic heterocycles. The number of hydrogen-bond acceptors (Lipinski definition) is 6. The molecule has 1 heterocycles. The van der Waals surface area contributed by atoms with Gasteiger partial charge in [-0.1, -0.05) is 17.7 Å². The maximum absolute atomic E-state index is 5.75. The number of hydrogen-bond donors (Lipinski definition) is 1. The Morgan fingerprint density at radius 3 is 2.60 bits per heavy atom. The molecule has 0 fully saturated rings. The van der Waals surface area contributed by atoms with Gasteiger partial charge in [-0.3, -0.25) is 0 Å². The number of rotatable bonds is 4. The molecule has 2 N–H and O–H groups in total. The maximum Gasteiger partial charge on any atom is 0.229 e. The van der Waals surface area contributed by atoms with Crippen molar-refractivity contribution in [3.63, 3.8) is 0 Å². The highest BCUT2D eigenvalue weighted by molar-refractivity contribution is 7.99. The van der Waals surface area contributed by atoms with Crippen LogP contribution in [0, 0.1) is 6.92 Å². The zero-order valence-electron chi connectivity index (χ0n) is 12.2. The van der Waals surface area contributed by atoms with Gasteiger partial charge in [-0.25, -0.2) is 0 Å². The van der Waals surface area contributed by atoms with Crippen molar-refractivity contribution in [1.82, 2.24) is 15.0 Å². The van der Waals surface area contributed by atoms with Crippen LogP contribution in [0.1, 0.15) is 23.6 Å². The number of thioether (sulfide) groups is 1. The van der Waals surface area contributed by atoms with Crippen LogP contribution in [-0.2, 0) is 0 Å². The smallest absolute Gasteiger partial charge is 0.229 e. The number of nitrogens with two attached hydrogens (primary N) is 1. The predicted molar refractivity (Wildman–Crippen MR) is 84.0 cm³/mol. The third-order valence-electron chi connectivity index (χ3n) is 2.72. The Balaban J connectivity index is 2.22.